The van der Waals surface area contributed by atoms with E-state index in [0.717, 1.165) is 12.2 Å². The van der Waals surface area contributed by atoms with Gasteiger partial charge in [0.2, 0.25) is 0 Å². The molecule has 0 unspecified atom stereocenters. The van der Waals surface area contributed by atoms with Gasteiger partial charge in [-0.1, -0.05) is 70.6 Å². The predicted molar refractivity (Wildman–Crippen MR) is 107 cm³/mol. The molecule has 1 aromatic carbocycles. The monoisotopic (exact) mass is 349 g/mol. The topological polar surface area (TPSA) is 49.3 Å². The molecule has 0 aliphatic rings. The van der Waals surface area contributed by atoms with Crippen LogP contribution in [0, 0.1) is 0 Å². The van der Waals surface area contributed by atoms with Gasteiger partial charge >= 0.3 is 5.97 Å². The minimum absolute atomic E-state index is 0.338. The minimum atomic E-state index is -0.873. The Morgan fingerprint density at radius 1 is 0.875 bits per heavy atom. The van der Waals surface area contributed by atoms with Crippen molar-refractivity contribution in [2.75, 3.05) is 11.9 Å². The Morgan fingerprint density at radius 3 is 1.88 bits per heavy atom. The second-order valence-electron chi connectivity index (χ2n) is 7.95. The van der Waals surface area contributed by atoms with E-state index in [0.29, 0.717) is 5.56 Å². The Hall–Kier alpha value is -1.29. The molecular weight excluding hydrogens is 314 g/mol. The summed E-state index contributed by atoms with van der Waals surface area (Å²) in [5, 5.41) is 12.2. The molecule has 1 aromatic rings. The summed E-state index contributed by atoms with van der Waals surface area (Å²) in [6.45, 7) is 8.34. The van der Waals surface area contributed by atoms with Gasteiger partial charge in [-0.05, 0) is 30.7 Å². The van der Waals surface area contributed by atoms with Gasteiger partial charge in [0.05, 0.1) is 5.56 Å². The molecule has 0 fully saturated rings. The largest absolute Gasteiger partial charge is 0.478 e. The number of aromatic carboxylic acids is 1. The van der Waals surface area contributed by atoms with E-state index in [1.165, 1.54) is 57.4 Å². The van der Waals surface area contributed by atoms with Crippen molar-refractivity contribution in [1.29, 1.82) is 0 Å². The van der Waals surface area contributed by atoms with E-state index in [-0.39, 0.29) is 0 Å². The smallest absolute Gasteiger partial charge is 0.335 e. The first-order valence-corrected chi connectivity index (χ1v) is 13.2. The SMILES string of the molecule is C[Si](C)(C)CCCCCCCCCCNc1ccc(C(=O)O)cc1. The van der Waals surface area contributed by atoms with Crippen molar-refractivity contribution in [3.8, 4) is 0 Å². The van der Waals surface area contributed by atoms with Gasteiger partial charge in [0.15, 0.2) is 0 Å². The summed E-state index contributed by atoms with van der Waals surface area (Å²) in [6, 6.07) is 8.44. The zero-order chi connectivity index (χ0) is 17.8. The maximum Gasteiger partial charge on any atom is 0.335 e. The maximum atomic E-state index is 10.8. The number of hydrogen-bond acceptors (Lipinski definition) is 2. The summed E-state index contributed by atoms with van der Waals surface area (Å²) < 4.78 is 0. The third-order valence-corrected chi connectivity index (χ3v) is 6.17. The highest BCUT2D eigenvalue weighted by Crippen LogP contribution is 2.16. The van der Waals surface area contributed by atoms with Crippen LogP contribution in [0.1, 0.15) is 61.7 Å². The van der Waals surface area contributed by atoms with Crippen molar-refractivity contribution in [1.82, 2.24) is 0 Å². The lowest BCUT2D eigenvalue weighted by Gasteiger charge is -2.14. The fourth-order valence-electron chi connectivity index (χ4n) is 2.80. The number of anilines is 1. The maximum absolute atomic E-state index is 10.8. The third-order valence-electron chi connectivity index (χ3n) is 4.31. The molecule has 136 valence electrons. The number of rotatable bonds is 13. The van der Waals surface area contributed by atoms with Crippen molar-refractivity contribution < 1.29 is 9.90 Å². The molecule has 24 heavy (non-hydrogen) atoms. The number of carboxylic acid groups (broad SMARTS) is 1. The lowest BCUT2D eigenvalue weighted by molar-refractivity contribution is 0.0697. The zero-order valence-corrected chi connectivity index (χ0v) is 16.7. The van der Waals surface area contributed by atoms with Crippen molar-refractivity contribution in [2.45, 2.75) is 77.1 Å². The van der Waals surface area contributed by atoms with Crippen LogP contribution in [0.15, 0.2) is 24.3 Å². The first kappa shape index (κ1) is 20.8. The molecule has 3 nitrogen and oxygen atoms in total. The molecule has 4 heteroatoms. The van der Waals surface area contributed by atoms with Crippen molar-refractivity contribution in [2.24, 2.45) is 0 Å². The van der Waals surface area contributed by atoms with E-state index in [1.54, 1.807) is 12.1 Å². The summed E-state index contributed by atoms with van der Waals surface area (Å²) in [5.41, 5.74) is 1.34. The first-order valence-electron chi connectivity index (χ1n) is 9.46. The van der Waals surface area contributed by atoms with Crippen LogP contribution in [-0.2, 0) is 0 Å². The number of hydrogen-bond donors (Lipinski definition) is 2. The second-order valence-corrected chi connectivity index (χ2v) is 13.6. The minimum Gasteiger partial charge on any atom is -0.478 e. The zero-order valence-electron chi connectivity index (χ0n) is 15.7. The highest BCUT2D eigenvalue weighted by atomic mass is 28.3. The van der Waals surface area contributed by atoms with Crippen LogP contribution < -0.4 is 5.32 Å². The molecule has 2 N–H and O–H groups in total. The highest BCUT2D eigenvalue weighted by Gasteiger charge is 2.11. The van der Waals surface area contributed by atoms with Gasteiger partial charge in [-0.3, -0.25) is 0 Å². The van der Waals surface area contributed by atoms with E-state index < -0.39 is 14.0 Å². The Kier molecular flexibility index (Phi) is 9.77. The van der Waals surface area contributed by atoms with Crippen molar-refractivity contribution >= 4 is 19.7 Å². The normalized spacial score (nSPS) is 11.5. The molecule has 0 atom stereocenters. The van der Waals surface area contributed by atoms with Gasteiger partial charge in [-0.15, -0.1) is 0 Å². The molecule has 0 saturated carbocycles. The van der Waals surface area contributed by atoms with Gasteiger partial charge in [0.25, 0.3) is 0 Å². The molecule has 0 aliphatic carbocycles. The molecule has 1 rings (SSSR count). The molecule has 0 aliphatic heterocycles. The molecule has 0 bridgehead atoms. The molecular formula is C20H35NO2Si. The second kappa shape index (κ2) is 11.3. The van der Waals surface area contributed by atoms with Gasteiger partial charge in [-0.25, -0.2) is 4.79 Å². The molecule has 0 saturated heterocycles. The molecule has 0 amide bonds. The first-order chi connectivity index (χ1) is 11.4. The van der Waals surface area contributed by atoms with Gasteiger partial charge in [0, 0.05) is 20.3 Å². The van der Waals surface area contributed by atoms with Crippen LogP contribution in [0.25, 0.3) is 0 Å². The summed E-state index contributed by atoms with van der Waals surface area (Å²) >= 11 is 0. The van der Waals surface area contributed by atoms with Crippen molar-refractivity contribution in [3.05, 3.63) is 29.8 Å². The van der Waals surface area contributed by atoms with E-state index >= 15 is 0 Å². The van der Waals surface area contributed by atoms with Gasteiger partial charge in [0.1, 0.15) is 0 Å². The highest BCUT2D eigenvalue weighted by molar-refractivity contribution is 6.76. The average molecular weight is 350 g/mol. The van der Waals surface area contributed by atoms with Crippen LogP contribution in [0.3, 0.4) is 0 Å². The van der Waals surface area contributed by atoms with E-state index in [4.69, 9.17) is 5.11 Å². The number of carboxylic acids is 1. The average Bonchev–Trinajstić information content (AvgIpc) is 2.52. The standard InChI is InChI=1S/C20H35NO2Si/c1-24(2,3)17-11-9-7-5-4-6-8-10-16-21-19-14-12-18(13-15-19)20(22)23/h12-15,21H,4-11,16-17H2,1-3H3,(H,22,23). The van der Waals surface area contributed by atoms with E-state index in [9.17, 15) is 4.79 Å². The Morgan fingerprint density at radius 2 is 1.38 bits per heavy atom. The van der Waals surface area contributed by atoms with Crippen LogP contribution in [0.4, 0.5) is 5.69 Å². The van der Waals surface area contributed by atoms with Gasteiger partial charge in [-0.2, -0.15) is 0 Å². The number of unbranched alkanes of at least 4 members (excludes halogenated alkanes) is 7. The van der Waals surface area contributed by atoms with Gasteiger partial charge < -0.3 is 10.4 Å². The molecule has 0 heterocycles. The van der Waals surface area contributed by atoms with Crippen LogP contribution in [0.5, 0.6) is 0 Å². The number of nitrogens with one attached hydrogen (secondary N) is 1. The Bertz CT molecular complexity index is 466. The lowest BCUT2D eigenvalue weighted by Crippen LogP contribution is -2.18. The van der Waals surface area contributed by atoms with Crippen LogP contribution in [-0.4, -0.2) is 25.7 Å². The quantitative estimate of drug-likeness (QED) is 0.326. The molecule has 0 radical (unpaired) electrons. The fraction of sp³-hybridized carbons (Fsp3) is 0.650. The van der Waals surface area contributed by atoms with Crippen LogP contribution >= 0.6 is 0 Å². The lowest BCUT2D eigenvalue weighted by atomic mass is 10.1. The summed E-state index contributed by atoms with van der Waals surface area (Å²) in [6.07, 6.45) is 10.8. The Labute approximate surface area is 148 Å². The molecule has 0 aromatic heterocycles. The van der Waals surface area contributed by atoms with E-state index in [1.807, 2.05) is 12.1 Å². The number of benzene rings is 1. The van der Waals surface area contributed by atoms with E-state index in [2.05, 4.69) is 25.0 Å². The van der Waals surface area contributed by atoms with Crippen molar-refractivity contribution in [3.63, 3.8) is 0 Å². The predicted octanol–water partition coefficient (Wildman–Crippen LogP) is 6.26. The molecule has 0 spiro atoms. The third kappa shape index (κ3) is 10.5. The number of carbonyl (C=O) groups is 1. The van der Waals surface area contributed by atoms with Crippen LogP contribution in [0.2, 0.25) is 25.7 Å². The summed E-state index contributed by atoms with van der Waals surface area (Å²) in [7, 11) is -0.820. The Balaban J connectivity index is 1.93. The summed E-state index contributed by atoms with van der Waals surface area (Å²) in [5.74, 6) is -0.873. The fourth-order valence-corrected chi connectivity index (χ4v) is 4.12. The summed E-state index contributed by atoms with van der Waals surface area (Å²) in [4.78, 5) is 10.8.